The number of aliphatic hydroxyl groups excluding tert-OH is 1. The summed E-state index contributed by atoms with van der Waals surface area (Å²) in [6.45, 7) is 4.38. The standard InChI is InChI=1S/C19H27N5O3/c1-26-17-15(27-12-13(25)11-23-8-3-2-4-9-23)6-5-14-16(17)22-19(20)24-10-7-21-18(14)24/h5-6,13,25H,2-4,7-12H2,1H3,(H2,20,22)/t13-/m0/s1. The first-order chi connectivity index (χ1) is 13.2. The summed E-state index contributed by atoms with van der Waals surface area (Å²) in [5.74, 6) is 2.32. The predicted octanol–water partition coefficient (Wildman–Crippen LogP) is 0.943. The van der Waals surface area contributed by atoms with Crippen LogP contribution in [-0.2, 0) is 0 Å². The molecule has 1 saturated heterocycles. The first-order valence-corrected chi connectivity index (χ1v) is 9.58. The zero-order valence-corrected chi connectivity index (χ0v) is 15.7. The summed E-state index contributed by atoms with van der Waals surface area (Å²) in [4.78, 5) is 13.2. The number of piperidine rings is 1. The van der Waals surface area contributed by atoms with Gasteiger partial charge in [0, 0.05) is 18.7 Å². The van der Waals surface area contributed by atoms with E-state index in [0.29, 0.717) is 36.2 Å². The van der Waals surface area contributed by atoms with Gasteiger partial charge in [-0.2, -0.15) is 0 Å². The maximum atomic E-state index is 10.3. The first-order valence-electron chi connectivity index (χ1n) is 9.58. The number of amidine groups is 1. The molecule has 8 heteroatoms. The second-order valence-electron chi connectivity index (χ2n) is 7.15. The maximum Gasteiger partial charge on any atom is 0.202 e. The minimum absolute atomic E-state index is 0.206. The van der Waals surface area contributed by atoms with Crippen LogP contribution in [0.4, 0.5) is 5.69 Å². The summed E-state index contributed by atoms with van der Waals surface area (Å²) in [5, 5.41) is 10.3. The van der Waals surface area contributed by atoms with Crippen molar-refractivity contribution in [2.24, 2.45) is 15.7 Å². The molecular weight excluding hydrogens is 346 g/mol. The first kappa shape index (κ1) is 18.1. The average Bonchev–Trinajstić information content (AvgIpc) is 3.17. The number of rotatable bonds is 6. The number of β-amino-alcohol motifs (C(OH)–C–C–N with tert-alkyl or cyclic N) is 1. The molecule has 3 aliphatic rings. The Balaban J connectivity index is 1.49. The van der Waals surface area contributed by atoms with Crippen LogP contribution in [0.5, 0.6) is 11.5 Å². The van der Waals surface area contributed by atoms with Gasteiger partial charge in [0.25, 0.3) is 0 Å². The van der Waals surface area contributed by atoms with E-state index >= 15 is 0 Å². The van der Waals surface area contributed by atoms with E-state index in [2.05, 4.69) is 14.9 Å². The van der Waals surface area contributed by atoms with Crippen molar-refractivity contribution >= 4 is 17.5 Å². The molecule has 1 aromatic rings. The van der Waals surface area contributed by atoms with Crippen LogP contribution in [0.25, 0.3) is 0 Å². The van der Waals surface area contributed by atoms with E-state index in [9.17, 15) is 5.11 Å². The van der Waals surface area contributed by atoms with Crippen molar-refractivity contribution in [3.63, 3.8) is 0 Å². The molecule has 0 amide bonds. The SMILES string of the molecule is COc1c(OC[C@@H](O)CN2CCCCC2)ccc2c1N=C(N)N1CCN=C21. The monoisotopic (exact) mass is 373 g/mol. The van der Waals surface area contributed by atoms with Gasteiger partial charge in [-0.05, 0) is 38.1 Å². The Morgan fingerprint density at radius 3 is 2.81 bits per heavy atom. The molecule has 27 heavy (non-hydrogen) atoms. The molecule has 3 N–H and O–H groups in total. The van der Waals surface area contributed by atoms with E-state index in [1.54, 1.807) is 7.11 Å². The molecule has 0 bridgehead atoms. The van der Waals surface area contributed by atoms with Crippen molar-refractivity contribution in [2.75, 3.05) is 46.4 Å². The highest BCUT2D eigenvalue weighted by molar-refractivity contribution is 6.16. The van der Waals surface area contributed by atoms with Gasteiger partial charge >= 0.3 is 0 Å². The second-order valence-corrected chi connectivity index (χ2v) is 7.15. The number of ether oxygens (including phenoxy) is 2. The summed E-state index contributed by atoms with van der Waals surface area (Å²) < 4.78 is 11.4. The van der Waals surface area contributed by atoms with Crippen molar-refractivity contribution in [1.29, 1.82) is 0 Å². The summed E-state index contributed by atoms with van der Waals surface area (Å²) in [6, 6.07) is 3.78. The van der Waals surface area contributed by atoms with Gasteiger partial charge in [0.15, 0.2) is 11.5 Å². The molecule has 0 saturated carbocycles. The summed E-state index contributed by atoms with van der Waals surface area (Å²) in [5.41, 5.74) is 7.61. The van der Waals surface area contributed by atoms with Crippen LogP contribution in [0.1, 0.15) is 24.8 Å². The van der Waals surface area contributed by atoms with Crippen LogP contribution >= 0.6 is 0 Å². The van der Waals surface area contributed by atoms with Gasteiger partial charge in [0.1, 0.15) is 24.2 Å². The van der Waals surface area contributed by atoms with Crippen LogP contribution in [0.3, 0.4) is 0 Å². The van der Waals surface area contributed by atoms with E-state index in [-0.39, 0.29) is 6.61 Å². The third-order valence-electron chi connectivity index (χ3n) is 5.23. The van der Waals surface area contributed by atoms with Gasteiger partial charge in [0.2, 0.25) is 5.96 Å². The Labute approximate surface area is 159 Å². The number of benzene rings is 1. The number of guanidine groups is 1. The van der Waals surface area contributed by atoms with Crippen molar-refractivity contribution in [3.05, 3.63) is 17.7 Å². The topological polar surface area (TPSA) is 95.9 Å². The molecule has 1 fully saturated rings. The third-order valence-corrected chi connectivity index (χ3v) is 5.23. The minimum atomic E-state index is -0.549. The van der Waals surface area contributed by atoms with Crippen molar-refractivity contribution in [1.82, 2.24) is 9.80 Å². The number of methoxy groups -OCH3 is 1. The third kappa shape index (κ3) is 3.59. The Morgan fingerprint density at radius 1 is 1.22 bits per heavy atom. The largest absolute Gasteiger partial charge is 0.491 e. The molecule has 0 aromatic heterocycles. The van der Waals surface area contributed by atoms with E-state index in [1.807, 2.05) is 17.0 Å². The van der Waals surface area contributed by atoms with E-state index in [1.165, 1.54) is 19.3 Å². The highest BCUT2D eigenvalue weighted by atomic mass is 16.5. The molecule has 3 heterocycles. The minimum Gasteiger partial charge on any atom is -0.491 e. The zero-order chi connectivity index (χ0) is 18.8. The lowest BCUT2D eigenvalue weighted by Gasteiger charge is -2.29. The van der Waals surface area contributed by atoms with Crippen LogP contribution in [-0.4, -0.2) is 79.2 Å². The highest BCUT2D eigenvalue weighted by Gasteiger charge is 2.31. The van der Waals surface area contributed by atoms with Crippen LogP contribution in [0, 0.1) is 0 Å². The molecule has 8 nitrogen and oxygen atoms in total. The number of aliphatic imine (C=N–C) groups is 2. The van der Waals surface area contributed by atoms with Gasteiger partial charge < -0.3 is 25.2 Å². The number of nitrogens with two attached hydrogens (primary N) is 1. The fourth-order valence-electron chi connectivity index (χ4n) is 3.91. The molecule has 1 atom stereocenters. The maximum absolute atomic E-state index is 10.3. The molecule has 1 aromatic carbocycles. The van der Waals surface area contributed by atoms with Crippen molar-refractivity contribution < 1.29 is 14.6 Å². The summed E-state index contributed by atoms with van der Waals surface area (Å²) in [6.07, 6.45) is 3.13. The van der Waals surface area contributed by atoms with E-state index < -0.39 is 6.10 Å². The Morgan fingerprint density at radius 2 is 2.04 bits per heavy atom. The quantitative estimate of drug-likeness (QED) is 0.771. The molecule has 0 spiro atoms. The molecule has 0 radical (unpaired) electrons. The van der Waals surface area contributed by atoms with Crippen molar-refractivity contribution in [3.8, 4) is 11.5 Å². The van der Waals surface area contributed by atoms with E-state index in [4.69, 9.17) is 15.2 Å². The number of hydrogen-bond donors (Lipinski definition) is 2. The Bertz CT molecular complexity index is 758. The molecule has 4 rings (SSSR count). The van der Waals surface area contributed by atoms with Crippen LogP contribution in [0.15, 0.2) is 22.1 Å². The fourth-order valence-corrected chi connectivity index (χ4v) is 3.91. The molecule has 3 aliphatic heterocycles. The predicted molar refractivity (Wildman–Crippen MR) is 104 cm³/mol. The number of aliphatic hydroxyl groups is 1. The van der Waals surface area contributed by atoms with Gasteiger partial charge in [-0.1, -0.05) is 6.42 Å². The lowest BCUT2D eigenvalue weighted by molar-refractivity contribution is 0.0608. The number of nitrogens with zero attached hydrogens (tertiary/aromatic N) is 4. The second kappa shape index (κ2) is 7.74. The number of fused-ring (bicyclic) bond motifs is 3. The van der Waals surface area contributed by atoms with Crippen molar-refractivity contribution in [2.45, 2.75) is 25.4 Å². The lowest BCUT2D eigenvalue weighted by Crippen LogP contribution is -2.42. The fraction of sp³-hybridized carbons (Fsp3) is 0.579. The Kier molecular flexibility index (Phi) is 5.18. The van der Waals surface area contributed by atoms with Gasteiger partial charge in [-0.15, -0.1) is 0 Å². The smallest absolute Gasteiger partial charge is 0.202 e. The number of likely N-dealkylation sites (tertiary alicyclic amines) is 1. The molecule has 0 unspecified atom stereocenters. The molecular formula is C19H27N5O3. The van der Waals surface area contributed by atoms with Gasteiger partial charge in [-0.3, -0.25) is 9.89 Å². The normalized spacial score (nSPS) is 20.4. The zero-order valence-electron chi connectivity index (χ0n) is 15.7. The van der Waals surface area contributed by atoms with Crippen LogP contribution in [0.2, 0.25) is 0 Å². The van der Waals surface area contributed by atoms with E-state index in [0.717, 1.165) is 31.0 Å². The Hall–Kier alpha value is -2.32. The summed E-state index contributed by atoms with van der Waals surface area (Å²) in [7, 11) is 1.58. The molecule has 146 valence electrons. The highest BCUT2D eigenvalue weighted by Crippen LogP contribution is 2.43. The van der Waals surface area contributed by atoms with Gasteiger partial charge in [-0.25, -0.2) is 4.99 Å². The molecule has 0 aliphatic carbocycles. The van der Waals surface area contributed by atoms with Crippen LogP contribution < -0.4 is 15.2 Å². The average molecular weight is 373 g/mol. The van der Waals surface area contributed by atoms with Gasteiger partial charge in [0.05, 0.1) is 13.7 Å². The summed E-state index contributed by atoms with van der Waals surface area (Å²) >= 11 is 0. The lowest BCUT2D eigenvalue weighted by atomic mass is 10.1. The number of hydrogen-bond acceptors (Lipinski definition) is 8.